The Balaban J connectivity index is 1.88. The van der Waals surface area contributed by atoms with Crippen LogP contribution in [0.1, 0.15) is 39.2 Å². The minimum absolute atomic E-state index is 0.0545. The minimum Gasteiger partial charge on any atom is -0.369 e. The van der Waals surface area contributed by atoms with Gasteiger partial charge in [-0.3, -0.25) is 9.78 Å². The molecular formula is C21H27F3N4O. The van der Waals surface area contributed by atoms with Gasteiger partial charge in [0.15, 0.2) is 0 Å². The van der Waals surface area contributed by atoms with Crippen LogP contribution in [0.15, 0.2) is 30.5 Å². The molecule has 0 spiro atoms. The second-order valence-corrected chi connectivity index (χ2v) is 8.71. The van der Waals surface area contributed by atoms with Gasteiger partial charge in [0.25, 0.3) is 0 Å². The van der Waals surface area contributed by atoms with Crippen molar-refractivity contribution in [3.63, 3.8) is 0 Å². The highest BCUT2D eigenvalue weighted by molar-refractivity contribution is 5.94. The SMILES string of the molecule is CC1CC(NC(=O)CC(C)(C)N)CN(c2ccc(C(F)(F)F)c3ncccc23)C1. The zero-order valence-electron chi connectivity index (χ0n) is 16.9. The number of carbonyl (C=O) groups is 1. The summed E-state index contributed by atoms with van der Waals surface area (Å²) in [6.07, 6.45) is -2.07. The van der Waals surface area contributed by atoms with Crippen LogP contribution in [-0.4, -0.2) is 35.6 Å². The van der Waals surface area contributed by atoms with Crippen LogP contribution in [0.2, 0.25) is 0 Å². The van der Waals surface area contributed by atoms with Gasteiger partial charge in [0.2, 0.25) is 5.91 Å². The van der Waals surface area contributed by atoms with Crippen molar-refractivity contribution >= 4 is 22.5 Å². The van der Waals surface area contributed by atoms with E-state index in [1.165, 1.54) is 12.3 Å². The van der Waals surface area contributed by atoms with Gasteiger partial charge in [0.05, 0.1) is 11.1 Å². The number of rotatable bonds is 4. The number of aromatic nitrogens is 1. The molecule has 158 valence electrons. The number of hydrogen-bond acceptors (Lipinski definition) is 4. The van der Waals surface area contributed by atoms with E-state index >= 15 is 0 Å². The molecule has 1 aromatic heterocycles. The maximum absolute atomic E-state index is 13.4. The molecule has 1 aromatic carbocycles. The average molecular weight is 408 g/mol. The quantitative estimate of drug-likeness (QED) is 0.809. The Morgan fingerprint density at radius 2 is 2.00 bits per heavy atom. The molecule has 1 fully saturated rings. The van der Waals surface area contributed by atoms with Crippen molar-refractivity contribution in [2.24, 2.45) is 11.7 Å². The van der Waals surface area contributed by atoms with Crippen molar-refractivity contribution in [2.75, 3.05) is 18.0 Å². The summed E-state index contributed by atoms with van der Waals surface area (Å²) in [5.74, 6) is 0.157. The van der Waals surface area contributed by atoms with E-state index in [-0.39, 0.29) is 29.8 Å². The number of nitrogens with zero attached hydrogens (tertiary/aromatic N) is 2. The molecule has 0 radical (unpaired) electrons. The van der Waals surface area contributed by atoms with Crippen molar-refractivity contribution in [3.05, 3.63) is 36.0 Å². The van der Waals surface area contributed by atoms with Gasteiger partial charge in [-0.1, -0.05) is 6.92 Å². The van der Waals surface area contributed by atoms with Crippen LogP contribution in [0.4, 0.5) is 18.9 Å². The maximum Gasteiger partial charge on any atom is 0.418 e. The Bertz CT molecular complexity index is 892. The number of halogens is 3. The number of nitrogens with two attached hydrogens (primary N) is 1. The fraction of sp³-hybridized carbons (Fsp3) is 0.524. The van der Waals surface area contributed by atoms with Crippen LogP contribution in [0.5, 0.6) is 0 Å². The second-order valence-electron chi connectivity index (χ2n) is 8.71. The molecule has 3 N–H and O–H groups in total. The molecule has 2 aromatic rings. The third kappa shape index (κ3) is 5.18. The molecule has 1 aliphatic heterocycles. The molecule has 1 aliphatic rings. The number of amides is 1. The molecule has 5 nitrogen and oxygen atoms in total. The van der Waals surface area contributed by atoms with Gasteiger partial charge in [-0.15, -0.1) is 0 Å². The first-order chi connectivity index (χ1) is 13.4. The Kier molecular flexibility index (Phi) is 5.76. The summed E-state index contributed by atoms with van der Waals surface area (Å²) in [5, 5.41) is 3.50. The van der Waals surface area contributed by atoms with Gasteiger partial charge in [-0.2, -0.15) is 13.2 Å². The molecule has 0 aliphatic carbocycles. The Hall–Kier alpha value is -2.35. The van der Waals surface area contributed by atoms with Crippen molar-refractivity contribution in [1.29, 1.82) is 0 Å². The molecule has 0 saturated carbocycles. The number of carbonyl (C=O) groups excluding carboxylic acids is 1. The van der Waals surface area contributed by atoms with Crippen LogP contribution in [0.3, 0.4) is 0 Å². The predicted molar refractivity (Wildman–Crippen MR) is 108 cm³/mol. The van der Waals surface area contributed by atoms with Crippen LogP contribution in [0, 0.1) is 5.92 Å². The number of benzene rings is 1. The predicted octanol–water partition coefficient (Wildman–Crippen LogP) is 3.71. The van der Waals surface area contributed by atoms with Crippen LogP contribution < -0.4 is 16.0 Å². The largest absolute Gasteiger partial charge is 0.418 e. The van der Waals surface area contributed by atoms with Crippen molar-refractivity contribution in [3.8, 4) is 0 Å². The van der Waals surface area contributed by atoms with E-state index in [1.54, 1.807) is 26.0 Å². The number of piperidine rings is 1. The van der Waals surface area contributed by atoms with E-state index in [2.05, 4.69) is 17.2 Å². The smallest absolute Gasteiger partial charge is 0.369 e. The molecule has 2 atom stereocenters. The Labute approximate surface area is 168 Å². The summed E-state index contributed by atoms with van der Waals surface area (Å²) in [6.45, 7) is 6.89. The van der Waals surface area contributed by atoms with Gasteiger partial charge in [0, 0.05) is 48.4 Å². The van der Waals surface area contributed by atoms with Gasteiger partial charge in [-0.25, -0.2) is 0 Å². The number of alkyl halides is 3. The Morgan fingerprint density at radius 1 is 1.28 bits per heavy atom. The number of hydrogen-bond donors (Lipinski definition) is 2. The second kappa shape index (κ2) is 7.82. The minimum atomic E-state index is -4.47. The molecule has 1 amide bonds. The van der Waals surface area contributed by atoms with Crippen LogP contribution >= 0.6 is 0 Å². The Morgan fingerprint density at radius 3 is 2.66 bits per heavy atom. The fourth-order valence-electron chi connectivity index (χ4n) is 4.01. The zero-order chi connectivity index (χ0) is 21.4. The third-order valence-electron chi connectivity index (χ3n) is 5.03. The molecule has 29 heavy (non-hydrogen) atoms. The number of pyridine rings is 1. The average Bonchev–Trinajstić information content (AvgIpc) is 2.57. The highest BCUT2D eigenvalue weighted by Crippen LogP contribution is 2.38. The van der Waals surface area contributed by atoms with E-state index in [1.807, 2.05) is 4.90 Å². The lowest BCUT2D eigenvalue weighted by molar-refractivity contribution is -0.136. The van der Waals surface area contributed by atoms with Crippen molar-refractivity contribution in [1.82, 2.24) is 10.3 Å². The monoisotopic (exact) mass is 408 g/mol. The lowest BCUT2D eigenvalue weighted by Crippen LogP contribution is -2.52. The first-order valence-corrected chi connectivity index (χ1v) is 9.72. The molecule has 3 rings (SSSR count). The molecule has 0 bridgehead atoms. The summed E-state index contributed by atoms with van der Waals surface area (Å²) < 4.78 is 40.1. The van der Waals surface area contributed by atoms with Crippen LogP contribution in [0.25, 0.3) is 10.9 Å². The van der Waals surface area contributed by atoms with E-state index < -0.39 is 17.3 Å². The van der Waals surface area contributed by atoms with Crippen LogP contribution in [-0.2, 0) is 11.0 Å². The number of anilines is 1. The number of fused-ring (bicyclic) bond motifs is 1. The highest BCUT2D eigenvalue weighted by Gasteiger charge is 2.35. The maximum atomic E-state index is 13.4. The topological polar surface area (TPSA) is 71.2 Å². The van der Waals surface area contributed by atoms with Gasteiger partial charge in [0.1, 0.15) is 0 Å². The van der Waals surface area contributed by atoms with Crippen molar-refractivity contribution in [2.45, 2.75) is 51.4 Å². The van der Waals surface area contributed by atoms with E-state index in [4.69, 9.17) is 5.73 Å². The lowest BCUT2D eigenvalue weighted by atomic mass is 9.93. The zero-order valence-corrected chi connectivity index (χ0v) is 16.9. The number of nitrogens with one attached hydrogen (secondary N) is 1. The first-order valence-electron chi connectivity index (χ1n) is 9.72. The van der Waals surface area contributed by atoms with Gasteiger partial charge in [-0.05, 0) is 50.5 Å². The van der Waals surface area contributed by atoms with Gasteiger partial charge < -0.3 is 16.0 Å². The standard InChI is InChI=1S/C21H27F3N4O/c1-13-9-14(27-18(29)10-20(2,3)25)12-28(11-13)17-7-6-16(21(22,23)24)19-15(17)5-4-8-26-19/h4-8,13-14H,9-12,25H2,1-3H3,(H,27,29). The third-order valence-corrected chi connectivity index (χ3v) is 5.03. The summed E-state index contributed by atoms with van der Waals surface area (Å²) in [4.78, 5) is 18.3. The summed E-state index contributed by atoms with van der Waals surface area (Å²) in [6, 6.07) is 5.81. The van der Waals surface area contributed by atoms with E-state index in [0.29, 0.717) is 24.2 Å². The molecule has 1 saturated heterocycles. The van der Waals surface area contributed by atoms with Crippen molar-refractivity contribution < 1.29 is 18.0 Å². The fourth-order valence-corrected chi connectivity index (χ4v) is 4.01. The van der Waals surface area contributed by atoms with Gasteiger partial charge >= 0.3 is 6.18 Å². The first kappa shape index (κ1) is 21.4. The lowest BCUT2D eigenvalue weighted by Gasteiger charge is -2.39. The van der Waals surface area contributed by atoms with E-state index in [0.717, 1.165) is 12.5 Å². The molecule has 2 heterocycles. The molecule has 8 heteroatoms. The summed E-state index contributed by atoms with van der Waals surface area (Å²) in [7, 11) is 0. The summed E-state index contributed by atoms with van der Waals surface area (Å²) in [5.41, 5.74) is 5.24. The normalized spacial score (nSPS) is 20.7. The summed E-state index contributed by atoms with van der Waals surface area (Å²) >= 11 is 0. The highest BCUT2D eigenvalue weighted by atomic mass is 19.4. The van der Waals surface area contributed by atoms with E-state index in [9.17, 15) is 18.0 Å². The molecule has 2 unspecified atom stereocenters. The molecular weight excluding hydrogens is 381 g/mol.